The van der Waals surface area contributed by atoms with Crippen molar-refractivity contribution in [1.29, 1.82) is 0 Å². The zero-order valence-corrected chi connectivity index (χ0v) is 16.1. The van der Waals surface area contributed by atoms with Crippen LogP contribution in [0.5, 0.6) is 0 Å². The summed E-state index contributed by atoms with van der Waals surface area (Å²) in [6.45, 7) is 7.14. The number of carbonyl (C=O) groups excluding carboxylic acids is 1. The van der Waals surface area contributed by atoms with Gasteiger partial charge in [0.1, 0.15) is 5.01 Å². The average Bonchev–Trinajstić information content (AvgIpc) is 3.32. The third-order valence-corrected chi connectivity index (χ3v) is 5.83. The first-order valence-corrected chi connectivity index (χ1v) is 9.96. The van der Waals surface area contributed by atoms with Crippen molar-refractivity contribution in [3.8, 4) is 10.6 Å². The predicted molar refractivity (Wildman–Crippen MR) is 106 cm³/mol. The van der Waals surface area contributed by atoms with Crippen molar-refractivity contribution in [2.24, 2.45) is 5.84 Å². The van der Waals surface area contributed by atoms with Gasteiger partial charge in [-0.3, -0.25) is 15.1 Å². The Morgan fingerprint density at radius 3 is 2.93 bits per heavy atom. The molecule has 1 fully saturated rings. The largest absolute Gasteiger partial charge is 0.379 e. The summed E-state index contributed by atoms with van der Waals surface area (Å²) in [5.74, 6) is 5.07. The average molecular weight is 385 g/mol. The molecule has 1 aliphatic rings. The highest BCUT2D eigenvalue weighted by Gasteiger charge is 2.17. The van der Waals surface area contributed by atoms with Gasteiger partial charge in [-0.1, -0.05) is 0 Å². The van der Waals surface area contributed by atoms with E-state index < -0.39 is 0 Å². The van der Waals surface area contributed by atoms with E-state index in [1.807, 2.05) is 18.3 Å². The molecular formula is C19H23N5O2S. The molecule has 0 spiro atoms. The maximum atomic E-state index is 12.2. The van der Waals surface area contributed by atoms with Gasteiger partial charge in [-0.25, -0.2) is 10.8 Å². The van der Waals surface area contributed by atoms with Crippen molar-refractivity contribution >= 4 is 28.1 Å². The van der Waals surface area contributed by atoms with Crippen molar-refractivity contribution < 1.29 is 9.53 Å². The van der Waals surface area contributed by atoms with E-state index >= 15 is 0 Å². The Bertz CT molecular complexity index is 958. The Labute approximate surface area is 161 Å². The van der Waals surface area contributed by atoms with Gasteiger partial charge in [-0.2, -0.15) is 0 Å². The number of carbonyl (C=O) groups is 1. The minimum absolute atomic E-state index is 0.281. The van der Waals surface area contributed by atoms with Crippen LogP contribution >= 0.6 is 11.3 Å². The van der Waals surface area contributed by atoms with Crippen molar-refractivity contribution in [2.75, 3.05) is 26.3 Å². The smallest absolute Gasteiger partial charge is 0.267 e. The fourth-order valence-electron chi connectivity index (χ4n) is 3.45. The van der Waals surface area contributed by atoms with E-state index in [9.17, 15) is 4.79 Å². The number of fused-ring (bicyclic) bond motifs is 1. The molecule has 0 unspecified atom stereocenters. The van der Waals surface area contributed by atoms with Gasteiger partial charge in [-0.05, 0) is 25.1 Å². The van der Waals surface area contributed by atoms with Gasteiger partial charge in [0.25, 0.3) is 5.91 Å². The molecule has 8 heteroatoms. The summed E-state index contributed by atoms with van der Waals surface area (Å²) >= 11 is 1.63. The molecule has 0 atom stereocenters. The highest BCUT2D eigenvalue weighted by Crippen LogP contribution is 2.30. The lowest BCUT2D eigenvalue weighted by atomic mass is 10.1. The standard InChI is InChI=1S/C19H23N5O2S/c1-2-24-11-16(18(25)22-20)15-9-13(3-4-17(15)24)19-21-14(12-27-19)10-23-5-7-26-8-6-23/h3-4,9,11-12H,2,5-8,10,20H2,1H3,(H,22,25). The second-order valence-corrected chi connectivity index (χ2v) is 7.42. The van der Waals surface area contributed by atoms with Crippen LogP contribution in [0.15, 0.2) is 29.8 Å². The Morgan fingerprint density at radius 2 is 2.19 bits per heavy atom. The van der Waals surface area contributed by atoms with Gasteiger partial charge < -0.3 is 9.30 Å². The third kappa shape index (κ3) is 3.61. The number of hydrogen-bond donors (Lipinski definition) is 2. The van der Waals surface area contributed by atoms with Crippen LogP contribution in [0.3, 0.4) is 0 Å². The van der Waals surface area contributed by atoms with Crippen LogP contribution in [0.4, 0.5) is 0 Å². The first-order valence-electron chi connectivity index (χ1n) is 9.08. The number of benzene rings is 1. The molecule has 4 rings (SSSR count). The van der Waals surface area contributed by atoms with E-state index in [1.165, 1.54) is 0 Å². The molecule has 0 aliphatic carbocycles. The summed E-state index contributed by atoms with van der Waals surface area (Å²) in [7, 11) is 0. The fraction of sp³-hybridized carbons (Fsp3) is 0.368. The van der Waals surface area contributed by atoms with E-state index in [-0.39, 0.29) is 5.91 Å². The van der Waals surface area contributed by atoms with Gasteiger partial charge in [0.2, 0.25) is 0 Å². The third-order valence-electron chi connectivity index (χ3n) is 4.89. The highest BCUT2D eigenvalue weighted by atomic mass is 32.1. The molecule has 3 heterocycles. The van der Waals surface area contributed by atoms with Gasteiger partial charge in [0.15, 0.2) is 0 Å². The summed E-state index contributed by atoms with van der Waals surface area (Å²) in [5.41, 5.74) is 5.93. The zero-order valence-electron chi connectivity index (χ0n) is 15.3. The summed E-state index contributed by atoms with van der Waals surface area (Å²) in [6.07, 6.45) is 1.85. The van der Waals surface area contributed by atoms with E-state index in [2.05, 4.69) is 33.3 Å². The van der Waals surface area contributed by atoms with Crippen molar-refractivity contribution in [2.45, 2.75) is 20.0 Å². The quantitative estimate of drug-likeness (QED) is 0.400. The molecule has 7 nitrogen and oxygen atoms in total. The Morgan fingerprint density at radius 1 is 1.37 bits per heavy atom. The first kappa shape index (κ1) is 18.1. The van der Waals surface area contributed by atoms with E-state index in [1.54, 1.807) is 11.3 Å². The number of aromatic nitrogens is 2. The molecule has 3 N–H and O–H groups in total. The molecule has 2 aromatic heterocycles. The maximum absolute atomic E-state index is 12.2. The van der Waals surface area contributed by atoms with E-state index in [0.717, 1.165) is 66.6 Å². The van der Waals surface area contributed by atoms with Crippen molar-refractivity contribution in [3.63, 3.8) is 0 Å². The number of hydrazine groups is 1. The van der Waals surface area contributed by atoms with Gasteiger partial charge in [0, 0.05) is 54.2 Å². The molecule has 142 valence electrons. The number of nitrogens with one attached hydrogen (secondary N) is 1. The highest BCUT2D eigenvalue weighted by molar-refractivity contribution is 7.13. The van der Waals surface area contributed by atoms with Crippen LogP contribution in [0.2, 0.25) is 0 Å². The molecule has 0 bridgehead atoms. The van der Waals surface area contributed by atoms with Crippen LogP contribution in [-0.4, -0.2) is 46.7 Å². The fourth-order valence-corrected chi connectivity index (χ4v) is 4.26. The van der Waals surface area contributed by atoms with Crippen LogP contribution in [0, 0.1) is 0 Å². The summed E-state index contributed by atoms with van der Waals surface area (Å²) in [4.78, 5) is 19.3. The number of ether oxygens (including phenoxy) is 1. The molecule has 1 amide bonds. The van der Waals surface area contributed by atoms with Crippen LogP contribution in [0.25, 0.3) is 21.5 Å². The molecule has 1 saturated heterocycles. The lowest BCUT2D eigenvalue weighted by Crippen LogP contribution is -2.35. The number of morpholine rings is 1. The number of aryl methyl sites for hydroxylation is 1. The predicted octanol–water partition coefficient (Wildman–Crippen LogP) is 2.22. The first-order chi connectivity index (χ1) is 13.2. The number of nitrogens with two attached hydrogens (primary N) is 1. The number of hydrogen-bond acceptors (Lipinski definition) is 6. The molecule has 1 aromatic carbocycles. The minimum atomic E-state index is -0.281. The minimum Gasteiger partial charge on any atom is -0.379 e. The number of thiazole rings is 1. The molecule has 3 aromatic rings. The number of amides is 1. The second kappa shape index (κ2) is 7.77. The Balaban J connectivity index is 1.64. The number of nitrogens with zero attached hydrogens (tertiary/aromatic N) is 3. The van der Waals surface area contributed by atoms with E-state index in [4.69, 9.17) is 15.6 Å². The van der Waals surface area contributed by atoms with E-state index in [0.29, 0.717) is 5.56 Å². The SMILES string of the molecule is CCn1cc(C(=O)NN)c2cc(-c3nc(CN4CCOCC4)cs3)ccc21. The molecule has 1 aliphatic heterocycles. The summed E-state index contributed by atoms with van der Waals surface area (Å²) < 4.78 is 7.45. The normalized spacial score (nSPS) is 15.3. The maximum Gasteiger partial charge on any atom is 0.267 e. The monoisotopic (exact) mass is 385 g/mol. The number of nitrogen functional groups attached to an aromatic ring is 1. The Hall–Kier alpha value is -2.26. The summed E-state index contributed by atoms with van der Waals surface area (Å²) in [5, 5.41) is 3.96. The zero-order chi connectivity index (χ0) is 18.8. The van der Waals surface area contributed by atoms with Crippen LogP contribution < -0.4 is 11.3 Å². The Kier molecular flexibility index (Phi) is 5.22. The topological polar surface area (TPSA) is 85.4 Å². The van der Waals surface area contributed by atoms with Crippen molar-refractivity contribution in [1.82, 2.24) is 19.9 Å². The molecule has 27 heavy (non-hydrogen) atoms. The lowest BCUT2D eigenvalue weighted by molar-refractivity contribution is 0.0337. The van der Waals surface area contributed by atoms with Crippen molar-refractivity contribution in [3.05, 3.63) is 41.0 Å². The molecule has 0 radical (unpaired) electrons. The van der Waals surface area contributed by atoms with Gasteiger partial charge in [0.05, 0.1) is 24.5 Å². The molecule has 0 saturated carbocycles. The van der Waals surface area contributed by atoms with Crippen LogP contribution in [0.1, 0.15) is 23.0 Å². The lowest BCUT2D eigenvalue weighted by Gasteiger charge is -2.25. The van der Waals surface area contributed by atoms with Gasteiger partial charge in [-0.15, -0.1) is 11.3 Å². The number of rotatable bonds is 5. The van der Waals surface area contributed by atoms with Gasteiger partial charge >= 0.3 is 0 Å². The second-order valence-electron chi connectivity index (χ2n) is 6.57. The molecular weight excluding hydrogens is 362 g/mol. The van der Waals surface area contributed by atoms with Crippen LogP contribution in [-0.2, 0) is 17.8 Å². The summed E-state index contributed by atoms with van der Waals surface area (Å²) in [6, 6.07) is 6.14.